The van der Waals surface area contributed by atoms with Gasteiger partial charge in [0.2, 0.25) is 11.2 Å². The topological polar surface area (TPSA) is 75.0 Å². The Labute approximate surface area is 204 Å². The first-order chi connectivity index (χ1) is 16.4. The van der Waals surface area contributed by atoms with Crippen molar-refractivity contribution in [1.82, 2.24) is 0 Å². The van der Waals surface area contributed by atoms with Crippen LogP contribution in [0.2, 0.25) is 10.0 Å². The van der Waals surface area contributed by atoms with Crippen LogP contribution in [-0.4, -0.2) is 20.2 Å². The molecule has 0 fully saturated rings. The summed E-state index contributed by atoms with van der Waals surface area (Å²) in [5.41, 5.74) is 0.853. The Hall–Kier alpha value is -3.74. The summed E-state index contributed by atoms with van der Waals surface area (Å²) >= 11 is 12.4. The molecule has 4 rings (SSSR count). The SMILES string of the molecule is COc1ccc(C=CC(=O)Oc2c(-c3ccc(Cl)cc3Cl)oc3ccccc3c2=O)cc1OC. The molecule has 0 aliphatic rings. The van der Waals surface area contributed by atoms with Crippen LogP contribution >= 0.6 is 23.2 Å². The van der Waals surface area contributed by atoms with Gasteiger partial charge in [0.05, 0.1) is 24.6 Å². The largest absolute Gasteiger partial charge is 0.493 e. The van der Waals surface area contributed by atoms with E-state index in [1.54, 1.807) is 54.6 Å². The Bertz CT molecular complexity index is 1470. The van der Waals surface area contributed by atoms with E-state index in [0.717, 1.165) is 0 Å². The van der Waals surface area contributed by atoms with E-state index in [1.165, 1.54) is 32.4 Å². The fourth-order valence-electron chi connectivity index (χ4n) is 3.32. The van der Waals surface area contributed by atoms with Crippen molar-refractivity contribution < 1.29 is 23.4 Å². The van der Waals surface area contributed by atoms with Crippen LogP contribution in [0.4, 0.5) is 0 Å². The molecule has 0 spiro atoms. The highest BCUT2D eigenvalue weighted by atomic mass is 35.5. The van der Waals surface area contributed by atoms with Gasteiger partial charge in [-0.05, 0) is 54.1 Å². The second kappa shape index (κ2) is 10.0. The van der Waals surface area contributed by atoms with E-state index in [-0.39, 0.29) is 21.9 Å². The highest BCUT2D eigenvalue weighted by molar-refractivity contribution is 6.36. The molecule has 0 unspecified atom stereocenters. The number of hydrogen-bond donors (Lipinski definition) is 0. The summed E-state index contributed by atoms with van der Waals surface area (Å²) in [6.07, 6.45) is 2.73. The van der Waals surface area contributed by atoms with Crippen molar-refractivity contribution in [2.75, 3.05) is 14.2 Å². The zero-order chi connectivity index (χ0) is 24.2. The van der Waals surface area contributed by atoms with E-state index in [2.05, 4.69) is 0 Å². The Balaban J connectivity index is 1.73. The second-order valence-corrected chi connectivity index (χ2v) is 7.92. The van der Waals surface area contributed by atoms with Crippen LogP contribution < -0.4 is 19.6 Å². The lowest BCUT2D eigenvalue weighted by Gasteiger charge is -2.11. The van der Waals surface area contributed by atoms with Crippen LogP contribution in [-0.2, 0) is 4.79 Å². The number of para-hydroxylation sites is 1. The standard InChI is InChI=1S/C26H18Cl2O6/c1-31-21-11-7-15(13-22(21)32-2)8-12-23(29)34-26-24(30)18-5-3-4-6-20(18)33-25(26)17-10-9-16(27)14-19(17)28/h3-14H,1-2H3. The minimum absolute atomic E-state index is 0.0261. The molecule has 1 heterocycles. The van der Waals surface area contributed by atoms with Gasteiger partial charge in [-0.1, -0.05) is 41.4 Å². The Kier molecular flexibility index (Phi) is 6.91. The number of carbonyl (C=O) groups excluding carboxylic acids is 1. The number of benzene rings is 3. The third-order valence-corrected chi connectivity index (χ3v) is 5.50. The maximum Gasteiger partial charge on any atom is 0.336 e. The quantitative estimate of drug-likeness (QED) is 0.227. The smallest absolute Gasteiger partial charge is 0.336 e. The van der Waals surface area contributed by atoms with Gasteiger partial charge in [0.25, 0.3) is 0 Å². The monoisotopic (exact) mass is 496 g/mol. The van der Waals surface area contributed by atoms with Crippen LogP contribution in [0.3, 0.4) is 0 Å². The molecule has 0 aliphatic heterocycles. The van der Waals surface area contributed by atoms with E-state index in [1.807, 2.05) is 0 Å². The summed E-state index contributed by atoms with van der Waals surface area (Å²) in [5, 5.41) is 0.917. The molecule has 34 heavy (non-hydrogen) atoms. The highest BCUT2D eigenvalue weighted by Crippen LogP contribution is 2.36. The average molecular weight is 497 g/mol. The molecular formula is C26H18Cl2O6. The van der Waals surface area contributed by atoms with E-state index < -0.39 is 11.4 Å². The lowest BCUT2D eigenvalue weighted by Crippen LogP contribution is -2.14. The maximum atomic E-state index is 13.2. The van der Waals surface area contributed by atoms with E-state index in [9.17, 15) is 9.59 Å². The second-order valence-electron chi connectivity index (χ2n) is 7.08. The van der Waals surface area contributed by atoms with Crippen LogP contribution in [0.25, 0.3) is 28.4 Å². The minimum atomic E-state index is -0.774. The zero-order valence-electron chi connectivity index (χ0n) is 18.1. The molecule has 0 saturated carbocycles. The number of fused-ring (bicyclic) bond motifs is 1. The molecule has 0 saturated heterocycles. The molecule has 4 aromatic rings. The van der Waals surface area contributed by atoms with Crippen molar-refractivity contribution in [3.05, 3.63) is 92.6 Å². The highest BCUT2D eigenvalue weighted by Gasteiger charge is 2.21. The Morgan fingerprint density at radius 1 is 0.941 bits per heavy atom. The lowest BCUT2D eigenvalue weighted by molar-refractivity contribution is -0.129. The van der Waals surface area contributed by atoms with Gasteiger partial charge in [-0.3, -0.25) is 4.79 Å². The van der Waals surface area contributed by atoms with E-state index in [4.69, 9.17) is 41.8 Å². The Morgan fingerprint density at radius 3 is 2.44 bits per heavy atom. The third kappa shape index (κ3) is 4.78. The summed E-state index contributed by atoms with van der Waals surface area (Å²) in [6.45, 7) is 0. The number of ether oxygens (including phenoxy) is 3. The molecule has 0 amide bonds. The van der Waals surface area contributed by atoms with Gasteiger partial charge in [-0.2, -0.15) is 0 Å². The normalized spacial score (nSPS) is 11.1. The van der Waals surface area contributed by atoms with Crippen molar-refractivity contribution >= 4 is 46.2 Å². The zero-order valence-corrected chi connectivity index (χ0v) is 19.6. The Morgan fingerprint density at radius 2 is 1.71 bits per heavy atom. The summed E-state index contributed by atoms with van der Waals surface area (Å²) in [6, 6.07) is 16.5. The summed E-state index contributed by atoms with van der Waals surface area (Å²) in [4.78, 5) is 25.9. The first kappa shape index (κ1) is 23.4. The van der Waals surface area contributed by atoms with Crippen molar-refractivity contribution in [2.45, 2.75) is 0 Å². The van der Waals surface area contributed by atoms with Crippen LogP contribution in [0.1, 0.15) is 5.56 Å². The first-order valence-corrected chi connectivity index (χ1v) is 10.8. The summed E-state index contributed by atoms with van der Waals surface area (Å²) < 4.78 is 21.9. The van der Waals surface area contributed by atoms with Crippen LogP contribution in [0, 0.1) is 0 Å². The number of hydrogen-bond acceptors (Lipinski definition) is 6. The van der Waals surface area contributed by atoms with Gasteiger partial charge >= 0.3 is 5.97 Å². The summed E-state index contributed by atoms with van der Waals surface area (Å²) in [5.74, 6) is 0.0418. The molecule has 8 heteroatoms. The van der Waals surface area contributed by atoms with Gasteiger partial charge in [-0.25, -0.2) is 4.79 Å². The predicted molar refractivity (Wildman–Crippen MR) is 132 cm³/mol. The fourth-order valence-corrected chi connectivity index (χ4v) is 3.82. The molecule has 0 aliphatic carbocycles. The molecule has 1 aromatic heterocycles. The van der Waals surface area contributed by atoms with Gasteiger partial charge in [-0.15, -0.1) is 0 Å². The number of halogens is 2. The molecule has 0 bridgehead atoms. The van der Waals surface area contributed by atoms with Crippen molar-refractivity contribution in [1.29, 1.82) is 0 Å². The number of rotatable bonds is 6. The van der Waals surface area contributed by atoms with Gasteiger partial charge in [0.15, 0.2) is 17.3 Å². The van der Waals surface area contributed by atoms with Gasteiger partial charge in [0.1, 0.15) is 5.58 Å². The molecule has 0 N–H and O–H groups in total. The first-order valence-electron chi connectivity index (χ1n) is 10.0. The molecule has 172 valence electrons. The predicted octanol–water partition coefficient (Wildman–Crippen LogP) is 6.40. The lowest BCUT2D eigenvalue weighted by atomic mass is 10.1. The average Bonchev–Trinajstić information content (AvgIpc) is 2.84. The van der Waals surface area contributed by atoms with Crippen LogP contribution in [0.15, 0.2) is 76.0 Å². The number of methoxy groups -OCH3 is 2. The minimum Gasteiger partial charge on any atom is -0.493 e. The number of carbonyl (C=O) groups is 1. The van der Waals surface area contributed by atoms with Gasteiger partial charge < -0.3 is 18.6 Å². The molecule has 0 atom stereocenters. The van der Waals surface area contributed by atoms with Crippen molar-refractivity contribution in [3.8, 4) is 28.6 Å². The summed E-state index contributed by atoms with van der Waals surface area (Å²) in [7, 11) is 3.05. The molecule has 0 radical (unpaired) electrons. The van der Waals surface area contributed by atoms with Crippen molar-refractivity contribution in [3.63, 3.8) is 0 Å². The van der Waals surface area contributed by atoms with Crippen LogP contribution in [0.5, 0.6) is 17.2 Å². The molecule has 3 aromatic carbocycles. The molecule has 6 nitrogen and oxygen atoms in total. The van der Waals surface area contributed by atoms with E-state index >= 15 is 0 Å². The van der Waals surface area contributed by atoms with Crippen molar-refractivity contribution in [2.24, 2.45) is 0 Å². The third-order valence-electron chi connectivity index (χ3n) is 4.95. The number of esters is 1. The maximum absolute atomic E-state index is 13.2. The van der Waals surface area contributed by atoms with Gasteiger partial charge in [0, 0.05) is 16.7 Å². The molecular weight excluding hydrogens is 479 g/mol. The van der Waals surface area contributed by atoms with E-state index in [0.29, 0.717) is 33.2 Å². The fraction of sp³-hybridized carbons (Fsp3) is 0.0769.